The molecular weight excluding hydrogens is 311 g/mol. The van der Waals surface area contributed by atoms with E-state index in [1.165, 1.54) is 0 Å². The Morgan fingerprint density at radius 1 is 1.57 bits per heavy atom. The minimum atomic E-state index is -3.01. The van der Waals surface area contributed by atoms with E-state index >= 15 is 0 Å². The maximum Gasteiger partial charge on any atom is 0.321 e. The number of amidine groups is 1. The molecule has 0 amide bonds. The molecular formula is C12H21N4O3PS. The van der Waals surface area contributed by atoms with E-state index in [9.17, 15) is 14.5 Å². The van der Waals surface area contributed by atoms with Crippen LogP contribution in [0.3, 0.4) is 0 Å². The van der Waals surface area contributed by atoms with Gasteiger partial charge in [-0.05, 0) is 51.9 Å². The van der Waals surface area contributed by atoms with Crippen molar-refractivity contribution in [3.05, 3.63) is 0 Å². The number of nitrogens with zero attached hydrogens (tertiary/aromatic N) is 3. The second-order valence-electron chi connectivity index (χ2n) is 5.85. The second-order valence-corrected chi connectivity index (χ2v) is 11.1. The molecule has 1 fully saturated rings. The van der Waals surface area contributed by atoms with Gasteiger partial charge in [-0.25, -0.2) is 9.66 Å². The largest absolute Gasteiger partial charge is 0.480 e. The fourth-order valence-corrected chi connectivity index (χ4v) is 7.92. The predicted molar refractivity (Wildman–Crippen MR) is 86.0 cm³/mol. The predicted octanol–water partition coefficient (Wildman–Crippen LogP) is 2.55. The van der Waals surface area contributed by atoms with Crippen molar-refractivity contribution in [3.8, 4) is 0 Å². The summed E-state index contributed by atoms with van der Waals surface area (Å²) in [6.45, 7) is 4.78. The normalized spacial score (nSPS) is 31.8. The highest BCUT2D eigenvalue weighted by atomic mass is 32.7. The Labute approximate surface area is 128 Å². The van der Waals surface area contributed by atoms with E-state index < -0.39 is 23.8 Å². The molecule has 2 aliphatic rings. The molecule has 2 heterocycles. The molecule has 0 bridgehead atoms. The van der Waals surface area contributed by atoms with Gasteiger partial charge in [0.15, 0.2) is 5.17 Å². The molecule has 0 saturated carbocycles. The lowest BCUT2D eigenvalue weighted by Gasteiger charge is -2.34. The van der Waals surface area contributed by atoms with E-state index in [0.29, 0.717) is 18.1 Å². The number of hydrazone groups is 1. The topological polar surface area (TPSA) is 94.4 Å². The summed E-state index contributed by atoms with van der Waals surface area (Å²) in [5.74, 6) is -0.914. The fourth-order valence-electron chi connectivity index (χ4n) is 2.45. The van der Waals surface area contributed by atoms with Gasteiger partial charge in [-0.2, -0.15) is 5.10 Å². The first-order valence-corrected chi connectivity index (χ1v) is 9.92. The van der Waals surface area contributed by atoms with E-state index in [1.54, 1.807) is 18.5 Å². The Morgan fingerprint density at radius 3 is 2.81 bits per heavy atom. The van der Waals surface area contributed by atoms with Gasteiger partial charge in [0.2, 0.25) is 6.49 Å². The summed E-state index contributed by atoms with van der Waals surface area (Å²) >= 11 is 1.13. The van der Waals surface area contributed by atoms with Crippen LogP contribution >= 0.6 is 17.9 Å². The first-order chi connectivity index (χ1) is 9.67. The van der Waals surface area contributed by atoms with Gasteiger partial charge in [0.1, 0.15) is 11.3 Å². The van der Waals surface area contributed by atoms with Crippen molar-refractivity contribution < 1.29 is 14.5 Å². The average Bonchev–Trinajstić information content (AvgIpc) is 2.91. The Hall–Kier alpha value is -0.850. The van der Waals surface area contributed by atoms with E-state index in [1.807, 2.05) is 13.8 Å². The third-order valence-electron chi connectivity index (χ3n) is 3.50. The van der Waals surface area contributed by atoms with E-state index in [2.05, 4.69) is 15.5 Å². The van der Waals surface area contributed by atoms with E-state index in [-0.39, 0.29) is 0 Å². The van der Waals surface area contributed by atoms with Crippen LogP contribution in [0.4, 0.5) is 0 Å². The lowest BCUT2D eigenvalue weighted by atomic mass is 10.2. The monoisotopic (exact) mass is 332 g/mol. The van der Waals surface area contributed by atoms with Gasteiger partial charge in [0.05, 0.1) is 0 Å². The van der Waals surface area contributed by atoms with Gasteiger partial charge in [0.25, 0.3) is 0 Å². The molecule has 21 heavy (non-hydrogen) atoms. The van der Waals surface area contributed by atoms with Crippen molar-refractivity contribution in [2.75, 3.05) is 6.54 Å². The van der Waals surface area contributed by atoms with Crippen LogP contribution in [-0.2, 0) is 9.36 Å². The highest BCUT2D eigenvalue weighted by Crippen LogP contribution is 2.75. The molecule has 2 unspecified atom stereocenters. The number of aliphatic carboxylic acids is 1. The summed E-state index contributed by atoms with van der Waals surface area (Å²) in [6, 6.07) is -0.687. The second kappa shape index (κ2) is 5.74. The molecule has 1 saturated heterocycles. The fraction of sp³-hybridized carbons (Fsp3) is 0.750. The van der Waals surface area contributed by atoms with Gasteiger partial charge in [-0.15, -0.1) is 0 Å². The number of rotatable bonds is 3. The lowest BCUT2D eigenvalue weighted by Crippen LogP contribution is -2.36. The smallest absolute Gasteiger partial charge is 0.321 e. The van der Waals surface area contributed by atoms with Crippen LogP contribution in [0.1, 0.15) is 40.5 Å². The molecule has 2 rings (SSSR count). The number of nitrogens with one attached hydrogen (secondary N) is 1. The molecule has 9 heteroatoms. The summed E-state index contributed by atoms with van der Waals surface area (Å²) in [5.41, 5.74) is 3.65. The Morgan fingerprint density at radius 2 is 2.24 bits per heavy atom. The number of carboxylic acids is 1. The number of carbonyl (C=O) groups is 1. The zero-order chi connectivity index (χ0) is 15.8. The van der Waals surface area contributed by atoms with Crippen molar-refractivity contribution in [1.29, 1.82) is 0 Å². The molecule has 0 radical (unpaired) electrons. The van der Waals surface area contributed by atoms with Crippen LogP contribution < -0.4 is 5.43 Å². The molecule has 0 aliphatic carbocycles. The van der Waals surface area contributed by atoms with Crippen LogP contribution in [-0.4, -0.2) is 44.5 Å². The van der Waals surface area contributed by atoms with Crippen LogP contribution in [0.5, 0.6) is 0 Å². The molecule has 0 aromatic carbocycles. The SMILES string of the molecule is CC(C)=NNC1=NC(C)(C)P(=O)(N2CCCC2C(=O)O)S1. The lowest BCUT2D eigenvalue weighted by molar-refractivity contribution is -0.140. The molecule has 0 spiro atoms. The van der Waals surface area contributed by atoms with Gasteiger partial charge >= 0.3 is 5.97 Å². The Kier molecular flexibility index (Phi) is 4.52. The number of carboxylic acid groups (broad SMARTS) is 1. The van der Waals surface area contributed by atoms with E-state index in [4.69, 9.17) is 0 Å². The van der Waals surface area contributed by atoms with Crippen molar-refractivity contribution in [2.45, 2.75) is 51.9 Å². The average molecular weight is 332 g/mol. The summed E-state index contributed by atoms with van der Waals surface area (Å²) in [5, 5.41) is 13.1. The molecule has 2 N–H and O–H groups in total. The quantitative estimate of drug-likeness (QED) is 0.468. The molecule has 0 aromatic heterocycles. The third kappa shape index (κ3) is 3.03. The zero-order valence-corrected chi connectivity index (χ0v) is 14.4. The van der Waals surface area contributed by atoms with Gasteiger partial charge in [0, 0.05) is 12.3 Å². The first kappa shape index (κ1) is 16.5. The van der Waals surface area contributed by atoms with Gasteiger partial charge in [-0.3, -0.25) is 14.8 Å². The van der Waals surface area contributed by atoms with Gasteiger partial charge in [-0.1, -0.05) is 0 Å². The van der Waals surface area contributed by atoms with Crippen molar-refractivity contribution >= 4 is 34.7 Å². The highest BCUT2D eigenvalue weighted by molar-refractivity contribution is 8.65. The molecule has 7 nitrogen and oxygen atoms in total. The molecule has 2 aliphatic heterocycles. The molecule has 2 atom stereocenters. The number of aliphatic imine (C=N–C) groups is 1. The summed E-state index contributed by atoms with van der Waals surface area (Å²) in [4.78, 5) is 15.8. The minimum Gasteiger partial charge on any atom is -0.480 e. The molecule has 0 aromatic rings. The standard InChI is InChI=1S/C12H21N4O3PS/c1-8(2)14-15-11-13-12(3,4)20(19,21-11)16-7-5-6-9(16)10(17)18/h9H,5-7H2,1-4H3,(H,13,15)(H,17,18). The summed E-state index contributed by atoms with van der Waals surface area (Å²) < 4.78 is 15.1. The first-order valence-electron chi connectivity index (χ1n) is 6.84. The Balaban J connectivity index is 2.26. The highest BCUT2D eigenvalue weighted by Gasteiger charge is 2.56. The Bertz CT molecular complexity index is 557. The number of hydrogen-bond donors (Lipinski definition) is 2. The van der Waals surface area contributed by atoms with Crippen molar-refractivity contribution in [1.82, 2.24) is 10.1 Å². The van der Waals surface area contributed by atoms with Crippen LogP contribution in [0.25, 0.3) is 0 Å². The number of hydrogen-bond acceptors (Lipinski definition) is 6. The van der Waals surface area contributed by atoms with Crippen LogP contribution in [0.2, 0.25) is 0 Å². The third-order valence-corrected chi connectivity index (χ3v) is 9.97. The zero-order valence-electron chi connectivity index (χ0n) is 12.7. The maximum atomic E-state index is 13.5. The molecule has 118 valence electrons. The minimum absolute atomic E-state index is 0.487. The summed E-state index contributed by atoms with van der Waals surface area (Å²) in [7, 11) is 0. The van der Waals surface area contributed by atoms with Gasteiger partial charge < -0.3 is 5.11 Å². The van der Waals surface area contributed by atoms with Crippen LogP contribution in [0, 0.1) is 0 Å². The van der Waals surface area contributed by atoms with Crippen molar-refractivity contribution in [2.24, 2.45) is 10.1 Å². The van der Waals surface area contributed by atoms with Crippen molar-refractivity contribution in [3.63, 3.8) is 0 Å². The van der Waals surface area contributed by atoms with Crippen LogP contribution in [0.15, 0.2) is 10.1 Å². The van der Waals surface area contributed by atoms with E-state index in [0.717, 1.165) is 23.5 Å². The maximum absolute atomic E-state index is 13.5. The summed E-state index contributed by atoms with van der Waals surface area (Å²) in [6.07, 6.45) is 1.28.